The van der Waals surface area contributed by atoms with Crippen molar-refractivity contribution in [2.45, 2.75) is 63.3 Å². The molecule has 32 heavy (non-hydrogen) atoms. The fourth-order valence-electron chi connectivity index (χ4n) is 4.53. The number of hydrogen-bond donors (Lipinski definition) is 2. The smallest absolute Gasteiger partial charge is 0.408 e. The molecule has 1 amide bonds. The monoisotopic (exact) mass is 439 g/mol. The molecule has 3 aliphatic rings. The van der Waals surface area contributed by atoms with Crippen molar-refractivity contribution in [3.05, 3.63) is 53.7 Å². The number of benzene rings is 1. The van der Waals surface area contributed by atoms with Crippen LogP contribution >= 0.6 is 0 Å². The van der Waals surface area contributed by atoms with Crippen LogP contribution in [0.2, 0.25) is 0 Å². The van der Waals surface area contributed by atoms with Crippen LogP contribution in [0, 0.1) is 0 Å². The minimum absolute atomic E-state index is 0.158. The van der Waals surface area contributed by atoms with Gasteiger partial charge in [-0.3, -0.25) is 0 Å². The highest BCUT2D eigenvalue weighted by atomic mass is 16.6. The lowest BCUT2D eigenvalue weighted by Crippen LogP contribution is -2.81. The number of nitrogens with one attached hydrogen (secondary N) is 2. The van der Waals surface area contributed by atoms with E-state index >= 15 is 0 Å². The lowest BCUT2D eigenvalue weighted by Gasteiger charge is -2.70. The van der Waals surface area contributed by atoms with E-state index in [0.29, 0.717) is 11.6 Å². The van der Waals surface area contributed by atoms with Crippen molar-refractivity contribution in [1.29, 1.82) is 0 Å². The summed E-state index contributed by atoms with van der Waals surface area (Å²) in [7, 11) is 1.51. The van der Waals surface area contributed by atoms with Crippen LogP contribution in [0.1, 0.15) is 56.0 Å². The van der Waals surface area contributed by atoms with Crippen LogP contribution in [0.25, 0.3) is 0 Å². The summed E-state index contributed by atoms with van der Waals surface area (Å²) >= 11 is 0. The zero-order valence-electron chi connectivity index (χ0n) is 18.9. The van der Waals surface area contributed by atoms with E-state index in [1.54, 1.807) is 12.3 Å². The number of anilines is 1. The molecule has 8 heteroatoms. The molecular weight excluding hydrogens is 410 g/mol. The van der Waals surface area contributed by atoms with Crippen LogP contribution in [0.5, 0.6) is 5.75 Å². The average molecular weight is 440 g/mol. The minimum atomic E-state index is -0.539. The van der Waals surface area contributed by atoms with Gasteiger partial charge in [-0.05, 0) is 51.7 Å². The summed E-state index contributed by atoms with van der Waals surface area (Å²) in [5.41, 5.74) is 0.145. The topological polar surface area (TPSA) is 98.8 Å². The van der Waals surface area contributed by atoms with Gasteiger partial charge in [0.1, 0.15) is 29.3 Å². The number of carbonyl (C=O) groups excluding carboxylic acids is 2. The second-order valence-corrected chi connectivity index (χ2v) is 9.64. The average Bonchev–Trinajstić information content (AvgIpc) is 2.68. The fraction of sp³-hybridized carbons (Fsp3) is 0.458. The third kappa shape index (κ3) is 4.49. The molecule has 3 aliphatic carbocycles. The Kier molecular flexibility index (Phi) is 5.48. The molecule has 0 aliphatic heterocycles. The zero-order chi connectivity index (χ0) is 23.0. The number of amides is 1. The summed E-state index contributed by atoms with van der Waals surface area (Å²) in [6.07, 6.45) is 3.38. The molecule has 0 unspecified atom stereocenters. The van der Waals surface area contributed by atoms with Gasteiger partial charge < -0.3 is 24.8 Å². The molecule has 1 heterocycles. The van der Waals surface area contributed by atoms with Crippen LogP contribution in [0.3, 0.4) is 0 Å². The van der Waals surface area contributed by atoms with Crippen molar-refractivity contribution in [3.8, 4) is 5.75 Å². The van der Waals surface area contributed by atoms with Gasteiger partial charge in [-0.25, -0.2) is 14.6 Å². The molecule has 1 aromatic heterocycles. The van der Waals surface area contributed by atoms with Crippen LogP contribution in [-0.4, -0.2) is 40.8 Å². The second kappa shape index (κ2) is 8.00. The molecule has 0 saturated heterocycles. The van der Waals surface area contributed by atoms with Crippen LogP contribution in [0.15, 0.2) is 42.6 Å². The van der Waals surface area contributed by atoms with Crippen LogP contribution < -0.4 is 15.4 Å². The molecule has 0 spiro atoms. The Balaban J connectivity index is 1.41. The Labute approximate surface area is 187 Å². The van der Waals surface area contributed by atoms with Crippen LogP contribution in [-0.2, 0) is 16.1 Å². The van der Waals surface area contributed by atoms with Gasteiger partial charge in [0.15, 0.2) is 0 Å². The number of esters is 1. The number of nitrogens with zero attached hydrogens (tertiary/aromatic N) is 1. The van der Waals surface area contributed by atoms with Gasteiger partial charge in [-0.2, -0.15) is 0 Å². The number of alkyl carbamates (subject to hydrolysis) is 1. The SMILES string of the molecule is COc1ccnc(NC23CC(NC(=O)OC(C)(C)C)(C2)C3)c1C(=O)OCc1ccccc1. The number of aromatic nitrogens is 1. The first-order valence-electron chi connectivity index (χ1n) is 10.7. The lowest BCUT2D eigenvalue weighted by atomic mass is 9.44. The molecule has 0 atom stereocenters. The zero-order valence-corrected chi connectivity index (χ0v) is 18.9. The fourth-order valence-corrected chi connectivity index (χ4v) is 4.53. The Morgan fingerprint density at radius 2 is 1.75 bits per heavy atom. The van der Waals surface area contributed by atoms with E-state index in [-0.39, 0.29) is 23.2 Å². The van der Waals surface area contributed by atoms with Gasteiger partial charge in [0, 0.05) is 11.7 Å². The molecule has 8 nitrogen and oxygen atoms in total. The maximum atomic E-state index is 12.9. The molecule has 170 valence electrons. The molecule has 0 radical (unpaired) electrons. The predicted octanol–water partition coefficient (Wildman–Crippen LogP) is 4.06. The van der Waals surface area contributed by atoms with Crippen molar-refractivity contribution >= 4 is 17.9 Å². The highest BCUT2D eigenvalue weighted by Gasteiger charge is 2.69. The molecule has 3 fully saturated rings. The first-order chi connectivity index (χ1) is 15.1. The molecule has 3 saturated carbocycles. The molecule has 2 N–H and O–H groups in total. The summed E-state index contributed by atoms with van der Waals surface area (Å²) in [6, 6.07) is 11.1. The largest absolute Gasteiger partial charge is 0.496 e. The quantitative estimate of drug-likeness (QED) is 0.628. The van der Waals surface area contributed by atoms with Crippen molar-refractivity contribution < 1.29 is 23.8 Å². The Morgan fingerprint density at radius 3 is 2.38 bits per heavy atom. The number of pyridine rings is 1. The van der Waals surface area contributed by atoms with E-state index < -0.39 is 17.7 Å². The van der Waals surface area contributed by atoms with E-state index in [2.05, 4.69) is 15.6 Å². The molecule has 2 bridgehead atoms. The van der Waals surface area contributed by atoms with E-state index in [1.165, 1.54) is 7.11 Å². The minimum Gasteiger partial charge on any atom is -0.496 e. The highest BCUT2D eigenvalue weighted by molar-refractivity contribution is 5.98. The second-order valence-electron chi connectivity index (χ2n) is 9.64. The highest BCUT2D eigenvalue weighted by Crippen LogP contribution is 2.62. The summed E-state index contributed by atoms with van der Waals surface area (Å²) in [5.74, 6) is 0.316. The normalized spacial score (nSPS) is 23.2. The van der Waals surface area contributed by atoms with E-state index in [9.17, 15) is 9.59 Å². The van der Waals surface area contributed by atoms with E-state index in [0.717, 1.165) is 24.8 Å². The van der Waals surface area contributed by atoms with Crippen molar-refractivity contribution in [3.63, 3.8) is 0 Å². The van der Waals surface area contributed by atoms with Gasteiger partial charge in [0.2, 0.25) is 0 Å². The maximum absolute atomic E-state index is 12.9. The summed E-state index contributed by atoms with van der Waals surface area (Å²) < 4.78 is 16.3. The summed E-state index contributed by atoms with van der Waals surface area (Å²) in [4.78, 5) is 29.4. The number of methoxy groups -OCH3 is 1. The van der Waals surface area contributed by atoms with Gasteiger partial charge in [-0.1, -0.05) is 30.3 Å². The molecular formula is C24H29N3O5. The first-order valence-corrected chi connectivity index (χ1v) is 10.7. The van der Waals surface area contributed by atoms with Crippen molar-refractivity contribution in [1.82, 2.24) is 10.3 Å². The standard InChI is InChI=1S/C24H29N3O5/c1-22(2,3)32-21(29)27-24-13-23(14-24,15-24)26-19-18(17(30-4)10-11-25-19)20(28)31-12-16-8-6-5-7-9-16/h5-11H,12-15H2,1-4H3,(H,25,26)(H,27,29). The number of ether oxygens (including phenoxy) is 3. The van der Waals surface area contributed by atoms with Gasteiger partial charge >= 0.3 is 12.1 Å². The Bertz CT molecular complexity index is 996. The van der Waals surface area contributed by atoms with E-state index in [4.69, 9.17) is 14.2 Å². The Morgan fingerprint density at radius 1 is 1.06 bits per heavy atom. The van der Waals surface area contributed by atoms with Crippen molar-refractivity contribution in [2.75, 3.05) is 12.4 Å². The third-order valence-corrected chi connectivity index (χ3v) is 5.73. The summed E-state index contributed by atoms with van der Waals surface area (Å²) in [6.45, 7) is 5.67. The number of rotatable bonds is 7. The molecule has 1 aromatic carbocycles. The number of hydrogen-bond acceptors (Lipinski definition) is 7. The maximum Gasteiger partial charge on any atom is 0.408 e. The van der Waals surface area contributed by atoms with Gasteiger partial charge in [0.25, 0.3) is 0 Å². The first kappa shape index (κ1) is 21.9. The number of carbonyl (C=O) groups is 2. The summed E-state index contributed by atoms with van der Waals surface area (Å²) in [5, 5.41) is 6.39. The Hall–Kier alpha value is -3.29. The predicted molar refractivity (Wildman–Crippen MR) is 119 cm³/mol. The van der Waals surface area contributed by atoms with Crippen LogP contribution in [0.4, 0.5) is 10.6 Å². The van der Waals surface area contributed by atoms with Gasteiger partial charge in [0.05, 0.1) is 12.6 Å². The third-order valence-electron chi connectivity index (χ3n) is 5.73. The molecule has 2 aromatic rings. The van der Waals surface area contributed by atoms with E-state index in [1.807, 2.05) is 51.1 Å². The van der Waals surface area contributed by atoms with Gasteiger partial charge in [-0.15, -0.1) is 0 Å². The molecule has 5 rings (SSSR count). The van der Waals surface area contributed by atoms with Crippen molar-refractivity contribution in [2.24, 2.45) is 0 Å². The lowest BCUT2D eigenvalue weighted by molar-refractivity contribution is -0.0660.